The van der Waals surface area contributed by atoms with Crippen LogP contribution < -0.4 is 5.32 Å². The molecule has 27 heavy (non-hydrogen) atoms. The summed E-state index contributed by atoms with van der Waals surface area (Å²) in [6.45, 7) is 2.65. The molecular weight excluding hydrogens is 358 g/mol. The number of imide groups is 2. The van der Waals surface area contributed by atoms with E-state index < -0.39 is 29.6 Å². The molecule has 0 atom stereocenters. The van der Waals surface area contributed by atoms with Crippen molar-refractivity contribution in [2.75, 3.05) is 13.1 Å². The molecule has 10 heteroatoms. The van der Waals surface area contributed by atoms with Crippen LogP contribution in [0.3, 0.4) is 0 Å². The highest BCUT2D eigenvalue weighted by atomic mass is 16.7. The van der Waals surface area contributed by atoms with E-state index in [4.69, 9.17) is 0 Å². The van der Waals surface area contributed by atoms with Crippen molar-refractivity contribution in [1.29, 1.82) is 0 Å². The van der Waals surface area contributed by atoms with Gasteiger partial charge >= 0.3 is 5.97 Å². The Balaban J connectivity index is 2.09. The molecule has 0 saturated carbocycles. The predicted molar refractivity (Wildman–Crippen MR) is 91.2 cm³/mol. The minimum atomic E-state index is -0.682. The zero-order chi connectivity index (χ0) is 20.4. The number of unbranched alkanes of at least 4 members (excludes halogenated alkanes) is 2. The lowest BCUT2D eigenvalue weighted by Gasteiger charge is -2.15. The third kappa shape index (κ3) is 7.80. The summed E-state index contributed by atoms with van der Waals surface area (Å²) in [4.78, 5) is 73.8. The number of hydrogen-bond acceptors (Lipinski definition) is 7. The first-order valence-corrected chi connectivity index (χ1v) is 8.54. The van der Waals surface area contributed by atoms with Crippen LogP contribution in [0.2, 0.25) is 0 Å². The van der Waals surface area contributed by atoms with Gasteiger partial charge in [-0.3, -0.25) is 28.9 Å². The Labute approximate surface area is 156 Å². The number of hydrogen-bond donors (Lipinski definition) is 1. The smallest absolute Gasteiger partial charge is 0.333 e. The minimum Gasteiger partial charge on any atom is -0.356 e. The highest BCUT2D eigenvalue weighted by Gasteiger charge is 2.23. The van der Waals surface area contributed by atoms with Gasteiger partial charge in [-0.05, 0) is 12.8 Å². The van der Waals surface area contributed by atoms with Crippen LogP contribution in [0.4, 0.5) is 0 Å². The lowest BCUT2D eigenvalue weighted by molar-refractivity contribution is -0.200. The molecule has 1 N–H and O–H groups in total. The van der Waals surface area contributed by atoms with Crippen molar-refractivity contribution in [3.05, 3.63) is 12.2 Å². The molecule has 5 amide bonds. The Morgan fingerprint density at radius 1 is 0.963 bits per heavy atom. The molecule has 0 radical (unpaired) electrons. The summed E-state index contributed by atoms with van der Waals surface area (Å²) in [6.07, 6.45) is 4.11. The number of hydroxylamine groups is 2. The summed E-state index contributed by atoms with van der Waals surface area (Å²) >= 11 is 0. The number of carbonyl (C=O) groups excluding carboxylic acids is 6. The van der Waals surface area contributed by atoms with Crippen molar-refractivity contribution in [1.82, 2.24) is 15.3 Å². The van der Waals surface area contributed by atoms with E-state index in [2.05, 4.69) is 10.2 Å². The number of carbonyl (C=O) groups is 6. The molecule has 0 aromatic carbocycles. The monoisotopic (exact) mass is 381 g/mol. The standard InChI is InChI=1S/C17H23N3O7/c1-12(21)20(13(2)22)27-17(26)6-4-3-5-10-18-14(23)9-11-19-15(24)7-8-16(19)25/h7-8H,3-6,9-11H2,1-2H3,(H,18,23). The zero-order valence-electron chi connectivity index (χ0n) is 15.4. The fourth-order valence-corrected chi connectivity index (χ4v) is 2.25. The minimum absolute atomic E-state index is 0.0252. The van der Waals surface area contributed by atoms with Crippen LogP contribution in [-0.2, 0) is 33.6 Å². The summed E-state index contributed by atoms with van der Waals surface area (Å²) in [5.74, 6) is -3.16. The van der Waals surface area contributed by atoms with Crippen LogP contribution >= 0.6 is 0 Å². The van der Waals surface area contributed by atoms with Crippen molar-refractivity contribution >= 4 is 35.5 Å². The number of nitrogens with zero attached hydrogens (tertiary/aromatic N) is 2. The predicted octanol–water partition coefficient (Wildman–Crippen LogP) is -0.169. The largest absolute Gasteiger partial charge is 0.356 e. The number of amides is 5. The van der Waals surface area contributed by atoms with Gasteiger partial charge in [0, 0.05) is 51.9 Å². The fraction of sp³-hybridized carbons (Fsp3) is 0.529. The van der Waals surface area contributed by atoms with Crippen LogP contribution in [0, 0.1) is 0 Å². The van der Waals surface area contributed by atoms with Gasteiger partial charge in [-0.25, -0.2) is 4.79 Å². The third-order valence-electron chi connectivity index (χ3n) is 3.61. The molecule has 0 fully saturated rings. The van der Waals surface area contributed by atoms with Crippen LogP contribution in [0.5, 0.6) is 0 Å². The van der Waals surface area contributed by atoms with E-state index in [9.17, 15) is 28.8 Å². The van der Waals surface area contributed by atoms with Crippen LogP contribution in [0.1, 0.15) is 46.0 Å². The molecule has 0 saturated heterocycles. The van der Waals surface area contributed by atoms with Crippen molar-refractivity contribution in [3.8, 4) is 0 Å². The van der Waals surface area contributed by atoms with E-state index in [-0.39, 0.29) is 25.3 Å². The summed E-state index contributed by atoms with van der Waals surface area (Å²) in [7, 11) is 0. The molecule has 0 spiro atoms. The molecular formula is C17H23N3O7. The van der Waals surface area contributed by atoms with E-state index in [0.717, 1.165) is 30.9 Å². The molecule has 148 valence electrons. The van der Waals surface area contributed by atoms with Crippen LogP contribution in [0.25, 0.3) is 0 Å². The molecule has 1 aliphatic rings. The van der Waals surface area contributed by atoms with Crippen molar-refractivity contribution in [2.24, 2.45) is 0 Å². The Kier molecular flexibility index (Phi) is 8.83. The van der Waals surface area contributed by atoms with E-state index >= 15 is 0 Å². The van der Waals surface area contributed by atoms with Gasteiger partial charge in [-0.1, -0.05) is 6.42 Å². The average molecular weight is 381 g/mol. The highest BCUT2D eigenvalue weighted by molar-refractivity contribution is 6.13. The van der Waals surface area contributed by atoms with Crippen LogP contribution in [0.15, 0.2) is 12.2 Å². The normalized spacial score (nSPS) is 12.9. The summed E-state index contributed by atoms with van der Waals surface area (Å²) in [5.41, 5.74) is 0. The lowest BCUT2D eigenvalue weighted by atomic mass is 10.2. The molecule has 0 aromatic rings. The maximum Gasteiger partial charge on any atom is 0.333 e. The fourth-order valence-electron chi connectivity index (χ4n) is 2.25. The second-order valence-electron chi connectivity index (χ2n) is 5.87. The number of nitrogens with one attached hydrogen (secondary N) is 1. The molecule has 10 nitrogen and oxygen atoms in total. The number of rotatable bonds is 9. The van der Waals surface area contributed by atoms with E-state index in [0.29, 0.717) is 30.9 Å². The first-order valence-electron chi connectivity index (χ1n) is 8.54. The highest BCUT2D eigenvalue weighted by Crippen LogP contribution is 2.05. The first-order chi connectivity index (χ1) is 12.7. The second-order valence-corrected chi connectivity index (χ2v) is 5.87. The van der Waals surface area contributed by atoms with Gasteiger partial charge in [-0.2, -0.15) is 0 Å². The molecule has 0 unspecified atom stereocenters. The Bertz CT molecular complexity index is 625. The average Bonchev–Trinajstić information content (AvgIpc) is 2.91. The van der Waals surface area contributed by atoms with Gasteiger partial charge in [0.2, 0.25) is 5.91 Å². The molecule has 0 aromatic heterocycles. The third-order valence-corrected chi connectivity index (χ3v) is 3.61. The van der Waals surface area contributed by atoms with Crippen LogP contribution in [-0.4, -0.2) is 58.6 Å². The molecule has 1 rings (SSSR count). The van der Waals surface area contributed by atoms with E-state index in [1.807, 2.05) is 0 Å². The summed E-state index contributed by atoms with van der Waals surface area (Å²) in [6, 6.07) is 0. The molecule has 1 heterocycles. The topological polar surface area (TPSA) is 130 Å². The molecule has 0 bridgehead atoms. The maximum atomic E-state index is 11.7. The van der Waals surface area contributed by atoms with Gasteiger partial charge in [0.25, 0.3) is 23.6 Å². The van der Waals surface area contributed by atoms with Crippen molar-refractivity contribution < 1.29 is 33.6 Å². The quantitative estimate of drug-likeness (QED) is 0.333. The Morgan fingerprint density at radius 2 is 1.56 bits per heavy atom. The van der Waals surface area contributed by atoms with Gasteiger partial charge in [0.1, 0.15) is 0 Å². The first kappa shape index (κ1) is 22.0. The lowest BCUT2D eigenvalue weighted by Crippen LogP contribution is -2.35. The van der Waals surface area contributed by atoms with Gasteiger partial charge in [0.05, 0.1) is 0 Å². The summed E-state index contributed by atoms with van der Waals surface area (Å²) in [5, 5.41) is 3.07. The van der Waals surface area contributed by atoms with Gasteiger partial charge in [0.15, 0.2) is 0 Å². The molecule has 0 aliphatic carbocycles. The van der Waals surface area contributed by atoms with Crippen molar-refractivity contribution in [3.63, 3.8) is 0 Å². The van der Waals surface area contributed by atoms with Gasteiger partial charge in [-0.15, -0.1) is 5.06 Å². The maximum absolute atomic E-state index is 11.7. The van der Waals surface area contributed by atoms with Crippen molar-refractivity contribution in [2.45, 2.75) is 46.0 Å². The molecule has 1 aliphatic heterocycles. The Hall–Kier alpha value is -3.04. The zero-order valence-corrected chi connectivity index (χ0v) is 15.4. The Morgan fingerprint density at radius 3 is 2.11 bits per heavy atom. The SMILES string of the molecule is CC(=O)N(OC(=O)CCCCCNC(=O)CCN1C(=O)C=CC1=O)C(C)=O. The van der Waals surface area contributed by atoms with E-state index in [1.54, 1.807) is 0 Å². The second kappa shape index (κ2) is 10.8. The summed E-state index contributed by atoms with van der Waals surface area (Å²) < 4.78 is 0. The van der Waals surface area contributed by atoms with Gasteiger partial charge < -0.3 is 10.2 Å². The van der Waals surface area contributed by atoms with E-state index in [1.165, 1.54) is 0 Å².